The summed E-state index contributed by atoms with van der Waals surface area (Å²) in [6, 6.07) is 1.76. The van der Waals surface area contributed by atoms with E-state index in [2.05, 4.69) is 10.3 Å². The Morgan fingerprint density at radius 2 is 1.90 bits per heavy atom. The van der Waals surface area contributed by atoms with Gasteiger partial charge in [0, 0.05) is 18.4 Å². The topological polar surface area (TPSA) is 108 Å². The molecular weight excluding hydrogens is 294 g/mol. The van der Waals surface area contributed by atoms with Crippen molar-refractivity contribution in [1.29, 1.82) is 0 Å². The van der Waals surface area contributed by atoms with Crippen molar-refractivity contribution in [3.8, 4) is 0 Å². The molecule has 0 aliphatic heterocycles. The second kappa shape index (κ2) is 6.75. The molecule has 1 heterocycles. The molecule has 0 atom stereocenters. The van der Waals surface area contributed by atoms with Crippen molar-refractivity contribution in [1.82, 2.24) is 9.71 Å². The van der Waals surface area contributed by atoms with Crippen LogP contribution in [0.15, 0.2) is 23.4 Å². The van der Waals surface area contributed by atoms with Crippen LogP contribution >= 0.6 is 0 Å². The van der Waals surface area contributed by atoms with Crippen LogP contribution in [-0.2, 0) is 10.0 Å². The van der Waals surface area contributed by atoms with Crippen LogP contribution in [0.1, 0.15) is 38.5 Å². The number of carboxylic acid groups (broad SMARTS) is 1. The Kier molecular flexibility index (Phi) is 5.00. The van der Waals surface area contributed by atoms with E-state index in [1.54, 1.807) is 6.07 Å². The molecule has 8 heteroatoms. The molecular formula is C13H19N3O4S. The fraction of sp³-hybridized carbons (Fsp3) is 0.538. The van der Waals surface area contributed by atoms with Crippen LogP contribution in [0.25, 0.3) is 0 Å². The summed E-state index contributed by atoms with van der Waals surface area (Å²) >= 11 is 0. The summed E-state index contributed by atoms with van der Waals surface area (Å²) in [4.78, 5) is 14.2. The van der Waals surface area contributed by atoms with Crippen LogP contribution in [0.5, 0.6) is 0 Å². The Morgan fingerprint density at radius 1 is 1.24 bits per heavy atom. The van der Waals surface area contributed by atoms with Gasteiger partial charge in [0.25, 0.3) is 10.0 Å². The highest BCUT2D eigenvalue weighted by Crippen LogP contribution is 2.25. The molecule has 1 aliphatic carbocycles. The molecule has 0 radical (unpaired) electrons. The normalized spacial score (nSPS) is 17.0. The highest BCUT2D eigenvalue weighted by Gasteiger charge is 2.23. The molecule has 1 aromatic rings. The second-order valence-electron chi connectivity index (χ2n) is 5.12. The predicted octanol–water partition coefficient (Wildman–Crippen LogP) is 2.17. The van der Waals surface area contributed by atoms with Crippen molar-refractivity contribution >= 4 is 21.8 Å². The number of pyridine rings is 1. The standard InChI is InChI=1S/C13H19N3O4S/c17-13(18)16-21(19,20)12-9-14-8-7-11(12)15-10-5-3-1-2-4-6-10/h7-10,16H,1-6H2,(H,14,15)(H,17,18). The van der Waals surface area contributed by atoms with Gasteiger partial charge in [-0.15, -0.1) is 0 Å². The van der Waals surface area contributed by atoms with Gasteiger partial charge in [0.2, 0.25) is 0 Å². The van der Waals surface area contributed by atoms with Crippen molar-refractivity contribution < 1.29 is 18.3 Å². The zero-order valence-corrected chi connectivity index (χ0v) is 12.4. The van der Waals surface area contributed by atoms with E-state index in [4.69, 9.17) is 5.11 Å². The number of nitrogens with one attached hydrogen (secondary N) is 2. The third kappa shape index (κ3) is 4.32. The monoisotopic (exact) mass is 313 g/mol. The number of rotatable bonds is 4. The molecule has 116 valence electrons. The molecule has 1 saturated carbocycles. The van der Waals surface area contributed by atoms with E-state index in [0.29, 0.717) is 5.69 Å². The highest BCUT2D eigenvalue weighted by atomic mass is 32.2. The van der Waals surface area contributed by atoms with E-state index in [1.165, 1.54) is 23.8 Å². The van der Waals surface area contributed by atoms with E-state index >= 15 is 0 Å². The third-order valence-electron chi connectivity index (χ3n) is 3.51. The van der Waals surface area contributed by atoms with E-state index in [-0.39, 0.29) is 10.9 Å². The minimum absolute atomic E-state index is 0.142. The van der Waals surface area contributed by atoms with Crippen LogP contribution in [-0.4, -0.2) is 30.6 Å². The van der Waals surface area contributed by atoms with Gasteiger partial charge in [-0.25, -0.2) is 17.9 Å². The van der Waals surface area contributed by atoms with E-state index in [9.17, 15) is 13.2 Å². The Morgan fingerprint density at radius 3 is 2.52 bits per heavy atom. The number of sulfonamides is 1. The van der Waals surface area contributed by atoms with Gasteiger partial charge in [-0.2, -0.15) is 0 Å². The summed E-state index contributed by atoms with van der Waals surface area (Å²) in [7, 11) is -4.12. The summed E-state index contributed by atoms with van der Waals surface area (Å²) < 4.78 is 25.5. The zero-order chi connectivity index (χ0) is 15.3. The van der Waals surface area contributed by atoms with Gasteiger partial charge >= 0.3 is 6.09 Å². The van der Waals surface area contributed by atoms with Crippen LogP contribution in [0.3, 0.4) is 0 Å². The summed E-state index contributed by atoms with van der Waals surface area (Å²) in [5.41, 5.74) is 0.394. The maximum Gasteiger partial charge on any atom is 0.418 e. The molecule has 0 saturated heterocycles. The molecule has 1 fully saturated rings. The molecule has 3 N–H and O–H groups in total. The lowest BCUT2D eigenvalue weighted by Crippen LogP contribution is -2.30. The second-order valence-corrected chi connectivity index (χ2v) is 6.77. The average molecular weight is 313 g/mol. The van der Waals surface area contributed by atoms with Gasteiger partial charge < -0.3 is 10.4 Å². The smallest absolute Gasteiger partial charge is 0.418 e. The summed E-state index contributed by atoms with van der Waals surface area (Å²) in [6.45, 7) is 0. The molecule has 7 nitrogen and oxygen atoms in total. The summed E-state index contributed by atoms with van der Waals surface area (Å²) in [5.74, 6) is 0. The van der Waals surface area contributed by atoms with Crippen molar-refractivity contribution in [2.45, 2.75) is 49.5 Å². The average Bonchev–Trinajstić information content (AvgIpc) is 2.66. The number of hydrogen-bond donors (Lipinski definition) is 3. The number of aromatic nitrogens is 1. The largest absolute Gasteiger partial charge is 0.464 e. The molecule has 1 aromatic heterocycles. The fourth-order valence-electron chi connectivity index (χ4n) is 2.53. The first-order chi connectivity index (χ1) is 9.99. The van der Waals surface area contributed by atoms with Crippen molar-refractivity contribution in [3.63, 3.8) is 0 Å². The van der Waals surface area contributed by atoms with Gasteiger partial charge in [-0.05, 0) is 18.9 Å². The van der Waals surface area contributed by atoms with Crippen LogP contribution in [0.2, 0.25) is 0 Å². The van der Waals surface area contributed by atoms with Crippen LogP contribution < -0.4 is 10.0 Å². The maximum absolute atomic E-state index is 12.0. The van der Waals surface area contributed by atoms with Gasteiger partial charge in [-0.3, -0.25) is 4.98 Å². The van der Waals surface area contributed by atoms with Crippen molar-refractivity contribution in [3.05, 3.63) is 18.5 Å². The molecule has 0 spiro atoms. The molecule has 1 amide bonds. The molecule has 2 rings (SSSR count). The van der Waals surface area contributed by atoms with Crippen molar-refractivity contribution in [2.24, 2.45) is 0 Å². The number of carbonyl (C=O) groups is 1. The quantitative estimate of drug-likeness (QED) is 0.735. The highest BCUT2D eigenvalue weighted by molar-refractivity contribution is 7.90. The molecule has 21 heavy (non-hydrogen) atoms. The van der Waals surface area contributed by atoms with Gasteiger partial charge in [0.05, 0.1) is 5.69 Å². The molecule has 1 aliphatic rings. The van der Waals surface area contributed by atoms with Crippen molar-refractivity contribution in [2.75, 3.05) is 5.32 Å². The number of hydrogen-bond acceptors (Lipinski definition) is 5. The Balaban J connectivity index is 2.22. The molecule has 0 bridgehead atoms. The number of anilines is 1. The zero-order valence-electron chi connectivity index (χ0n) is 11.6. The van der Waals surface area contributed by atoms with E-state index in [1.807, 2.05) is 0 Å². The lowest BCUT2D eigenvalue weighted by atomic mass is 10.1. The molecule has 0 aromatic carbocycles. The first-order valence-electron chi connectivity index (χ1n) is 6.95. The van der Waals surface area contributed by atoms with Gasteiger partial charge in [0.1, 0.15) is 4.90 Å². The lowest BCUT2D eigenvalue weighted by molar-refractivity contribution is 0.201. The number of nitrogens with zero attached hydrogens (tertiary/aromatic N) is 1. The van der Waals surface area contributed by atoms with E-state index in [0.717, 1.165) is 31.9 Å². The fourth-order valence-corrected chi connectivity index (χ4v) is 3.48. The SMILES string of the molecule is O=C(O)NS(=O)(=O)c1cnccc1NC1CCCCCC1. The Hall–Kier alpha value is -1.83. The van der Waals surface area contributed by atoms with Crippen LogP contribution in [0, 0.1) is 0 Å². The third-order valence-corrected chi connectivity index (χ3v) is 4.86. The minimum Gasteiger partial charge on any atom is -0.464 e. The van der Waals surface area contributed by atoms with E-state index < -0.39 is 16.1 Å². The maximum atomic E-state index is 12.0. The first kappa shape index (κ1) is 15.6. The van der Waals surface area contributed by atoms with Crippen LogP contribution in [0.4, 0.5) is 10.5 Å². The Bertz CT molecular complexity index is 595. The predicted molar refractivity (Wildman–Crippen MR) is 77.7 cm³/mol. The first-order valence-corrected chi connectivity index (χ1v) is 8.43. The summed E-state index contributed by atoms with van der Waals surface area (Å²) in [6.07, 6.45) is 7.60. The summed E-state index contributed by atoms with van der Waals surface area (Å²) in [5, 5.41) is 11.8. The lowest BCUT2D eigenvalue weighted by Gasteiger charge is -2.19. The number of amides is 1. The van der Waals surface area contributed by atoms with Gasteiger partial charge in [-0.1, -0.05) is 25.7 Å². The molecule has 0 unspecified atom stereocenters. The van der Waals surface area contributed by atoms with Gasteiger partial charge in [0.15, 0.2) is 0 Å². The Labute approximate surface area is 123 Å². The minimum atomic E-state index is -4.12.